The van der Waals surface area contributed by atoms with Crippen LogP contribution in [0.25, 0.3) is 0 Å². The summed E-state index contributed by atoms with van der Waals surface area (Å²) >= 11 is 0. The summed E-state index contributed by atoms with van der Waals surface area (Å²) in [6.07, 6.45) is 3.59. The van der Waals surface area contributed by atoms with Crippen LogP contribution < -0.4 is 16.0 Å². The number of amides is 1. The molecule has 1 aliphatic heterocycles. The lowest BCUT2D eigenvalue weighted by Gasteiger charge is -2.27. The highest BCUT2D eigenvalue weighted by Crippen LogP contribution is 2.13. The van der Waals surface area contributed by atoms with Crippen LogP contribution in [-0.4, -0.2) is 42.2 Å². The number of hydrogen-bond donors (Lipinski definition) is 2. The molecule has 1 fully saturated rings. The standard InChI is InChI=1S/C17H21N5O2.2ClH/c18-14-2-3-15(19-12-14)9-17(23)21-11-13-1-4-16(20-10-13)22-5-7-24-8-6-22;;/h1-4,10,12H,5-9,11,18H2,(H,21,23);2*1H. The second kappa shape index (κ2) is 10.8. The first-order valence-electron chi connectivity index (χ1n) is 7.95. The summed E-state index contributed by atoms with van der Waals surface area (Å²) in [5.74, 6) is 0.865. The van der Waals surface area contributed by atoms with E-state index in [4.69, 9.17) is 10.5 Å². The molecule has 3 heterocycles. The Morgan fingerprint density at radius 1 is 1.12 bits per heavy atom. The van der Waals surface area contributed by atoms with E-state index in [-0.39, 0.29) is 37.1 Å². The number of pyridine rings is 2. The molecule has 1 amide bonds. The lowest BCUT2D eigenvalue weighted by atomic mass is 10.2. The summed E-state index contributed by atoms with van der Waals surface area (Å²) in [5, 5.41) is 2.88. The molecule has 9 heteroatoms. The van der Waals surface area contributed by atoms with Crippen molar-refractivity contribution in [2.45, 2.75) is 13.0 Å². The predicted octanol–water partition coefficient (Wildman–Crippen LogP) is 1.60. The lowest BCUT2D eigenvalue weighted by Crippen LogP contribution is -2.36. The molecule has 3 N–H and O–H groups in total. The highest BCUT2D eigenvalue weighted by Gasteiger charge is 2.12. The maximum atomic E-state index is 12.0. The molecule has 0 spiro atoms. The van der Waals surface area contributed by atoms with Gasteiger partial charge in [-0.1, -0.05) is 6.07 Å². The van der Waals surface area contributed by atoms with Gasteiger partial charge in [0.05, 0.1) is 31.5 Å². The Balaban J connectivity index is 0.00000169. The fraction of sp³-hybridized carbons (Fsp3) is 0.353. The molecule has 0 aromatic carbocycles. The molecule has 1 saturated heterocycles. The average molecular weight is 400 g/mol. The van der Waals surface area contributed by atoms with E-state index in [1.54, 1.807) is 24.5 Å². The van der Waals surface area contributed by atoms with Crippen molar-refractivity contribution in [3.05, 3.63) is 47.9 Å². The summed E-state index contributed by atoms with van der Waals surface area (Å²) in [6.45, 7) is 3.64. The zero-order valence-corrected chi connectivity index (χ0v) is 15.9. The van der Waals surface area contributed by atoms with E-state index in [1.807, 2.05) is 12.1 Å². The van der Waals surface area contributed by atoms with Crippen LogP contribution in [-0.2, 0) is 22.5 Å². The zero-order valence-electron chi connectivity index (χ0n) is 14.3. The number of rotatable bonds is 5. The van der Waals surface area contributed by atoms with Crippen molar-refractivity contribution in [1.82, 2.24) is 15.3 Å². The minimum Gasteiger partial charge on any atom is -0.397 e. The van der Waals surface area contributed by atoms with Gasteiger partial charge in [0, 0.05) is 31.5 Å². The molecule has 7 nitrogen and oxygen atoms in total. The van der Waals surface area contributed by atoms with Crippen LogP contribution in [0.2, 0.25) is 0 Å². The summed E-state index contributed by atoms with van der Waals surface area (Å²) in [4.78, 5) is 22.7. The van der Waals surface area contributed by atoms with Crippen LogP contribution in [0.5, 0.6) is 0 Å². The van der Waals surface area contributed by atoms with Gasteiger partial charge in [-0.05, 0) is 23.8 Å². The Kier molecular flexibility index (Phi) is 9.12. The van der Waals surface area contributed by atoms with Gasteiger partial charge in [0.2, 0.25) is 5.91 Å². The van der Waals surface area contributed by atoms with Crippen LogP contribution in [0.4, 0.5) is 11.5 Å². The third-order valence-electron chi connectivity index (χ3n) is 3.82. The number of carbonyl (C=O) groups excluding carboxylic acids is 1. The first kappa shape index (κ1) is 22.0. The number of nitrogen functional groups attached to an aromatic ring is 1. The monoisotopic (exact) mass is 399 g/mol. The fourth-order valence-electron chi connectivity index (χ4n) is 2.47. The maximum Gasteiger partial charge on any atom is 0.226 e. The lowest BCUT2D eigenvalue weighted by molar-refractivity contribution is -0.120. The summed E-state index contributed by atoms with van der Waals surface area (Å²) in [7, 11) is 0. The first-order valence-corrected chi connectivity index (χ1v) is 7.95. The maximum absolute atomic E-state index is 12.0. The van der Waals surface area contributed by atoms with E-state index in [9.17, 15) is 4.79 Å². The summed E-state index contributed by atoms with van der Waals surface area (Å²) < 4.78 is 5.34. The number of anilines is 2. The van der Waals surface area contributed by atoms with Crippen molar-refractivity contribution >= 4 is 42.2 Å². The fourth-order valence-corrected chi connectivity index (χ4v) is 2.47. The molecule has 2 aromatic heterocycles. The molecule has 142 valence electrons. The topological polar surface area (TPSA) is 93.4 Å². The van der Waals surface area contributed by atoms with Crippen molar-refractivity contribution in [3.8, 4) is 0 Å². The number of nitrogens with one attached hydrogen (secondary N) is 1. The van der Waals surface area contributed by atoms with Crippen LogP contribution in [0.1, 0.15) is 11.3 Å². The van der Waals surface area contributed by atoms with Crippen molar-refractivity contribution in [3.63, 3.8) is 0 Å². The van der Waals surface area contributed by atoms with E-state index in [1.165, 1.54) is 0 Å². The van der Waals surface area contributed by atoms with Crippen LogP contribution in [0, 0.1) is 0 Å². The van der Waals surface area contributed by atoms with Gasteiger partial charge in [-0.15, -0.1) is 24.8 Å². The Morgan fingerprint density at radius 2 is 1.88 bits per heavy atom. The molecule has 0 bridgehead atoms. The van der Waals surface area contributed by atoms with E-state index in [0.29, 0.717) is 17.9 Å². The smallest absolute Gasteiger partial charge is 0.226 e. The number of hydrogen-bond acceptors (Lipinski definition) is 6. The van der Waals surface area contributed by atoms with Crippen molar-refractivity contribution in [2.75, 3.05) is 36.9 Å². The molecule has 26 heavy (non-hydrogen) atoms. The van der Waals surface area contributed by atoms with Crippen LogP contribution >= 0.6 is 24.8 Å². The minimum absolute atomic E-state index is 0. The number of carbonyl (C=O) groups is 1. The molecular weight excluding hydrogens is 377 g/mol. The SMILES string of the molecule is Cl.Cl.Nc1ccc(CC(=O)NCc2ccc(N3CCOCC3)nc2)nc1. The highest BCUT2D eigenvalue weighted by atomic mass is 35.5. The molecule has 0 saturated carbocycles. The Labute approximate surface area is 165 Å². The van der Waals surface area contributed by atoms with Crippen molar-refractivity contribution < 1.29 is 9.53 Å². The van der Waals surface area contributed by atoms with Gasteiger partial charge >= 0.3 is 0 Å². The number of morpholine rings is 1. The van der Waals surface area contributed by atoms with Crippen molar-refractivity contribution in [1.29, 1.82) is 0 Å². The van der Waals surface area contributed by atoms with Crippen LogP contribution in [0.3, 0.4) is 0 Å². The first-order chi connectivity index (χ1) is 11.7. The second-order valence-electron chi connectivity index (χ2n) is 5.66. The molecule has 0 unspecified atom stereocenters. The number of halogens is 2. The van der Waals surface area contributed by atoms with E-state index in [0.717, 1.165) is 37.7 Å². The number of nitrogens with zero attached hydrogens (tertiary/aromatic N) is 3. The van der Waals surface area contributed by atoms with Gasteiger partial charge in [-0.25, -0.2) is 4.98 Å². The van der Waals surface area contributed by atoms with E-state index >= 15 is 0 Å². The molecule has 2 aromatic rings. The van der Waals surface area contributed by atoms with E-state index < -0.39 is 0 Å². The predicted molar refractivity (Wildman–Crippen MR) is 106 cm³/mol. The molecule has 0 atom stereocenters. The Hall–Kier alpha value is -2.09. The zero-order chi connectivity index (χ0) is 16.8. The average Bonchev–Trinajstić information content (AvgIpc) is 2.63. The quantitative estimate of drug-likeness (QED) is 0.792. The Morgan fingerprint density at radius 3 is 2.50 bits per heavy atom. The second-order valence-corrected chi connectivity index (χ2v) is 5.66. The summed E-state index contributed by atoms with van der Waals surface area (Å²) in [5.41, 5.74) is 7.83. The Bertz CT molecular complexity index is 677. The minimum atomic E-state index is -0.0791. The van der Waals surface area contributed by atoms with E-state index in [2.05, 4.69) is 20.2 Å². The number of ether oxygens (including phenoxy) is 1. The van der Waals surface area contributed by atoms with Gasteiger partial charge < -0.3 is 20.7 Å². The van der Waals surface area contributed by atoms with Gasteiger partial charge in [0.1, 0.15) is 5.82 Å². The van der Waals surface area contributed by atoms with Crippen molar-refractivity contribution in [2.24, 2.45) is 0 Å². The number of nitrogens with two attached hydrogens (primary N) is 1. The molecule has 0 aliphatic carbocycles. The molecule has 0 radical (unpaired) electrons. The third kappa shape index (κ3) is 6.33. The third-order valence-corrected chi connectivity index (χ3v) is 3.82. The largest absolute Gasteiger partial charge is 0.397 e. The molecule has 3 rings (SSSR count). The van der Waals surface area contributed by atoms with Gasteiger partial charge in [0.15, 0.2) is 0 Å². The normalized spacial score (nSPS) is 13.3. The van der Waals surface area contributed by atoms with Gasteiger partial charge in [-0.2, -0.15) is 0 Å². The summed E-state index contributed by atoms with van der Waals surface area (Å²) in [6, 6.07) is 7.46. The number of aromatic nitrogens is 2. The molecular formula is C17H23Cl2N5O2. The van der Waals surface area contributed by atoms with Gasteiger partial charge in [-0.3, -0.25) is 9.78 Å². The van der Waals surface area contributed by atoms with Crippen LogP contribution in [0.15, 0.2) is 36.7 Å². The molecule has 1 aliphatic rings. The van der Waals surface area contributed by atoms with Gasteiger partial charge in [0.25, 0.3) is 0 Å². The highest BCUT2D eigenvalue weighted by molar-refractivity contribution is 5.85.